The van der Waals surface area contributed by atoms with Gasteiger partial charge in [-0.2, -0.15) is 0 Å². The quantitative estimate of drug-likeness (QED) is 0.228. The fourth-order valence-corrected chi connectivity index (χ4v) is 5.20. The van der Waals surface area contributed by atoms with Crippen LogP contribution in [0.4, 0.5) is 0 Å². The number of unbranched alkanes of at least 4 members (excludes halogenated alkanes) is 2. The van der Waals surface area contributed by atoms with Crippen molar-refractivity contribution in [2.24, 2.45) is 0 Å². The fraction of sp³-hybridized carbons (Fsp3) is 0.353. The van der Waals surface area contributed by atoms with E-state index in [0.29, 0.717) is 0 Å². The van der Waals surface area contributed by atoms with Crippen LogP contribution in [0.25, 0.3) is 28.5 Å². The van der Waals surface area contributed by atoms with Crippen LogP contribution in [0.2, 0.25) is 0 Å². The Labute approximate surface area is 228 Å². The monoisotopic (exact) mass is 516 g/mol. The van der Waals surface area contributed by atoms with Crippen molar-refractivity contribution in [2.75, 3.05) is 6.26 Å². The van der Waals surface area contributed by atoms with Gasteiger partial charge in [0.1, 0.15) is 0 Å². The van der Waals surface area contributed by atoms with Gasteiger partial charge in [0.05, 0.1) is 0 Å². The van der Waals surface area contributed by atoms with Crippen molar-refractivity contribution in [1.82, 2.24) is 0 Å². The number of fused-ring (bicyclic) bond motifs is 1. The Morgan fingerprint density at radius 1 is 0.972 bits per heavy atom. The van der Waals surface area contributed by atoms with Crippen LogP contribution in [0.3, 0.4) is 0 Å². The molecule has 36 heavy (non-hydrogen) atoms. The molecule has 0 N–H and O–H groups in total. The normalized spacial score (nSPS) is 12.2. The molecule has 0 amide bonds. The van der Waals surface area contributed by atoms with Crippen molar-refractivity contribution in [3.8, 4) is 0 Å². The largest absolute Gasteiger partial charge is 0.144 e. The highest BCUT2D eigenvalue weighted by atomic mass is 32.2. The molecular formula is C34H44S2. The summed E-state index contributed by atoms with van der Waals surface area (Å²) in [6, 6.07) is 13.6. The smallest absolute Gasteiger partial charge is 0.0302 e. The molecule has 2 aromatic carbocycles. The molecule has 0 aliphatic heterocycles. The number of benzene rings is 2. The van der Waals surface area contributed by atoms with E-state index in [2.05, 4.69) is 113 Å². The maximum atomic E-state index is 4.33. The molecule has 1 heterocycles. The lowest BCUT2D eigenvalue weighted by molar-refractivity contribution is 0.797. The van der Waals surface area contributed by atoms with Crippen molar-refractivity contribution in [2.45, 2.75) is 72.6 Å². The SMILES string of the molecule is C=C(/C=C\SC)CCCC.C=C(CC=c1cc2ccc(C)cc2c/c1=C/C)c1cc(CCCC)cs1. The van der Waals surface area contributed by atoms with Crippen molar-refractivity contribution >= 4 is 51.6 Å². The highest BCUT2D eigenvalue weighted by Gasteiger charge is 2.03. The van der Waals surface area contributed by atoms with E-state index >= 15 is 0 Å². The molecule has 0 atom stereocenters. The van der Waals surface area contributed by atoms with Gasteiger partial charge in [0.2, 0.25) is 0 Å². The molecule has 0 unspecified atom stereocenters. The molecule has 0 spiro atoms. The Morgan fingerprint density at radius 2 is 1.72 bits per heavy atom. The molecule has 0 nitrogen and oxygen atoms in total. The number of hydrogen-bond donors (Lipinski definition) is 0. The molecule has 0 bridgehead atoms. The molecule has 3 aromatic rings. The summed E-state index contributed by atoms with van der Waals surface area (Å²) in [4.78, 5) is 1.32. The van der Waals surface area contributed by atoms with Crippen LogP contribution in [0.5, 0.6) is 0 Å². The van der Waals surface area contributed by atoms with E-state index in [9.17, 15) is 0 Å². The van der Waals surface area contributed by atoms with Crippen molar-refractivity contribution in [3.63, 3.8) is 0 Å². The second-order valence-electron chi connectivity index (χ2n) is 9.36. The van der Waals surface area contributed by atoms with E-state index < -0.39 is 0 Å². The topological polar surface area (TPSA) is 0 Å². The second kappa shape index (κ2) is 16.5. The third-order valence-corrected chi connectivity index (χ3v) is 7.68. The maximum Gasteiger partial charge on any atom is 0.0302 e. The number of thiophene rings is 1. The minimum Gasteiger partial charge on any atom is -0.144 e. The first kappa shape index (κ1) is 29.9. The molecule has 3 rings (SSSR count). The Morgan fingerprint density at radius 3 is 2.42 bits per heavy atom. The number of hydrogen-bond acceptors (Lipinski definition) is 2. The Hall–Kier alpha value is -2.29. The lowest BCUT2D eigenvalue weighted by Gasteiger charge is -2.02. The van der Waals surface area contributed by atoms with Gasteiger partial charge in [0, 0.05) is 4.88 Å². The fourth-order valence-electron chi connectivity index (χ4n) is 3.94. The molecule has 0 radical (unpaired) electrons. The van der Waals surface area contributed by atoms with Crippen LogP contribution < -0.4 is 10.4 Å². The number of rotatable bonds is 11. The zero-order valence-corrected chi connectivity index (χ0v) is 24.7. The van der Waals surface area contributed by atoms with Crippen molar-refractivity contribution < 1.29 is 0 Å². The molecule has 0 saturated carbocycles. The summed E-state index contributed by atoms with van der Waals surface area (Å²) < 4.78 is 0. The van der Waals surface area contributed by atoms with Gasteiger partial charge in [0.25, 0.3) is 0 Å². The maximum absolute atomic E-state index is 4.33. The van der Waals surface area contributed by atoms with Gasteiger partial charge in [-0.3, -0.25) is 0 Å². The van der Waals surface area contributed by atoms with E-state index in [0.717, 1.165) is 12.8 Å². The van der Waals surface area contributed by atoms with Crippen LogP contribution in [0, 0.1) is 6.92 Å². The van der Waals surface area contributed by atoms with Gasteiger partial charge < -0.3 is 0 Å². The molecule has 2 heteroatoms. The van der Waals surface area contributed by atoms with E-state index in [1.54, 1.807) is 11.8 Å². The highest BCUT2D eigenvalue weighted by Crippen LogP contribution is 2.25. The van der Waals surface area contributed by atoms with Gasteiger partial charge in [0.15, 0.2) is 0 Å². The summed E-state index contributed by atoms with van der Waals surface area (Å²) in [6.45, 7) is 17.0. The average molecular weight is 517 g/mol. The minimum absolute atomic E-state index is 0.895. The van der Waals surface area contributed by atoms with Gasteiger partial charge in [-0.1, -0.05) is 87.4 Å². The summed E-state index contributed by atoms with van der Waals surface area (Å²) in [6.07, 6.45) is 16.9. The minimum atomic E-state index is 0.895. The van der Waals surface area contributed by atoms with E-state index in [-0.39, 0.29) is 0 Å². The van der Waals surface area contributed by atoms with Gasteiger partial charge in [-0.25, -0.2) is 0 Å². The molecule has 0 fully saturated rings. The molecule has 0 aliphatic carbocycles. The summed E-state index contributed by atoms with van der Waals surface area (Å²) in [7, 11) is 0. The Bertz CT molecular complexity index is 1270. The van der Waals surface area contributed by atoms with Crippen LogP contribution in [0.1, 0.15) is 75.3 Å². The van der Waals surface area contributed by atoms with Gasteiger partial charge >= 0.3 is 0 Å². The summed E-state index contributed by atoms with van der Waals surface area (Å²) in [5.41, 5.74) is 5.22. The van der Waals surface area contributed by atoms with E-state index in [1.807, 2.05) is 11.3 Å². The zero-order chi connectivity index (χ0) is 26.3. The van der Waals surface area contributed by atoms with Gasteiger partial charge in [-0.15, -0.1) is 23.1 Å². The summed E-state index contributed by atoms with van der Waals surface area (Å²) in [5.74, 6) is 0. The summed E-state index contributed by atoms with van der Waals surface area (Å²) >= 11 is 3.55. The average Bonchev–Trinajstić information content (AvgIpc) is 3.37. The molecule has 1 aromatic heterocycles. The molecule has 192 valence electrons. The van der Waals surface area contributed by atoms with Crippen LogP contribution in [-0.4, -0.2) is 6.26 Å². The predicted molar refractivity (Wildman–Crippen MR) is 170 cm³/mol. The third kappa shape index (κ3) is 9.99. The molecular weight excluding hydrogens is 473 g/mol. The Balaban J connectivity index is 0.000000388. The highest BCUT2D eigenvalue weighted by molar-refractivity contribution is 8.01. The van der Waals surface area contributed by atoms with Crippen LogP contribution in [-0.2, 0) is 6.42 Å². The van der Waals surface area contributed by atoms with Gasteiger partial charge in [-0.05, 0) is 114 Å². The first-order valence-corrected chi connectivity index (χ1v) is 15.4. The lowest BCUT2D eigenvalue weighted by atomic mass is 10.0. The number of allylic oxidation sites excluding steroid dienone is 3. The third-order valence-electron chi connectivity index (χ3n) is 6.19. The molecule has 0 saturated heterocycles. The number of aryl methyl sites for hydroxylation is 2. The van der Waals surface area contributed by atoms with Crippen LogP contribution in [0.15, 0.2) is 72.0 Å². The predicted octanol–water partition coefficient (Wildman–Crippen LogP) is 9.85. The number of thioether (sulfide) groups is 1. The van der Waals surface area contributed by atoms with E-state index in [4.69, 9.17) is 0 Å². The standard InChI is InChI=1S/C25H28S.C9H16S/c1-5-7-8-20-14-25(26-17-20)19(4)10-12-22-16-23-11-9-18(3)13-24(23)15-21(22)6-2;1-4-5-6-9(2)7-8-10-3/h6,9,11-17H,4-5,7-8,10H2,1-3H3;7-8H,2,4-6H2,1,3H3/b21-6-,22-12?;8-7-. The molecule has 0 aliphatic rings. The first-order valence-electron chi connectivity index (χ1n) is 13.2. The van der Waals surface area contributed by atoms with Crippen molar-refractivity contribution in [3.05, 3.63) is 98.4 Å². The lowest BCUT2D eigenvalue weighted by Crippen LogP contribution is -2.23. The Kier molecular flexibility index (Phi) is 13.7. The first-order chi connectivity index (χ1) is 17.4. The van der Waals surface area contributed by atoms with Crippen molar-refractivity contribution in [1.29, 1.82) is 0 Å². The summed E-state index contributed by atoms with van der Waals surface area (Å²) in [5, 5.41) is 9.58. The van der Waals surface area contributed by atoms with Crippen LogP contribution >= 0.6 is 23.1 Å². The second-order valence-corrected chi connectivity index (χ2v) is 11.0. The van der Waals surface area contributed by atoms with E-state index in [1.165, 1.54) is 80.5 Å². The zero-order valence-electron chi connectivity index (χ0n) is 23.0.